The minimum absolute atomic E-state index is 0.106. The Bertz CT molecular complexity index is 696. The molecule has 7 nitrogen and oxygen atoms in total. The third-order valence-corrected chi connectivity index (χ3v) is 4.55. The first kappa shape index (κ1) is 15.6. The Balaban J connectivity index is 2.17. The monoisotopic (exact) mass is 309 g/mol. The molecule has 1 aromatic heterocycles. The van der Waals surface area contributed by atoms with Gasteiger partial charge in [-0.1, -0.05) is 25.1 Å². The summed E-state index contributed by atoms with van der Waals surface area (Å²) in [4.78, 5) is 0.285. The maximum Gasteiger partial charge on any atom is 0.241 e. The van der Waals surface area contributed by atoms with Crippen molar-refractivity contribution in [3.63, 3.8) is 0 Å². The summed E-state index contributed by atoms with van der Waals surface area (Å²) in [6.07, 6.45) is 1.53. The van der Waals surface area contributed by atoms with Crippen LogP contribution in [0.5, 0.6) is 0 Å². The molecule has 21 heavy (non-hydrogen) atoms. The third-order valence-electron chi connectivity index (χ3n) is 3.05. The second-order valence-electron chi connectivity index (χ2n) is 4.57. The summed E-state index contributed by atoms with van der Waals surface area (Å²) in [6, 6.07) is 6.95. The molecule has 0 saturated carbocycles. The molecule has 0 radical (unpaired) electrons. The van der Waals surface area contributed by atoms with Crippen molar-refractivity contribution in [2.45, 2.75) is 24.9 Å². The van der Waals surface area contributed by atoms with E-state index in [1.54, 1.807) is 29.8 Å². The van der Waals surface area contributed by atoms with Gasteiger partial charge in [0, 0.05) is 13.6 Å². The van der Waals surface area contributed by atoms with Crippen LogP contribution in [0.3, 0.4) is 0 Å². The minimum Gasteiger partial charge on any atom is -0.320 e. The average molecular weight is 309 g/mol. The zero-order valence-corrected chi connectivity index (χ0v) is 12.9. The molecule has 1 aromatic carbocycles. The average Bonchev–Trinajstić information content (AvgIpc) is 2.89. The van der Waals surface area contributed by atoms with Crippen LogP contribution in [0.1, 0.15) is 18.3 Å². The molecular formula is C13H19N5O2S. The number of nitrogens with one attached hydrogen (secondary N) is 2. The van der Waals surface area contributed by atoms with E-state index in [1.807, 2.05) is 13.0 Å². The third kappa shape index (κ3) is 3.87. The fourth-order valence-corrected chi connectivity index (χ4v) is 3.09. The van der Waals surface area contributed by atoms with Crippen LogP contribution in [0, 0.1) is 0 Å². The van der Waals surface area contributed by atoms with E-state index in [0.717, 1.165) is 12.1 Å². The smallest absolute Gasteiger partial charge is 0.241 e. The maximum atomic E-state index is 12.4. The summed E-state index contributed by atoms with van der Waals surface area (Å²) in [5.74, 6) is 0.558. The van der Waals surface area contributed by atoms with E-state index in [0.29, 0.717) is 12.4 Å². The molecule has 0 aliphatic carbocycles. The quantitative estimate of drug-likeness (QED) is 0.773. The van der Waals surface area contributed by atoms with E-state index in [-0.39, 0.29) is 11.4 Å². The van der Waals surface area contributed by atoms with E-state index in [4.69, 9.17) is 0 Å². The van der Waals surface area contributed by atoms with Crippen LogP contribution in [0.4, 0.5) is 0 Å². The normalized spacial score (nSPS) is 11.7. The van der Waals surface area contributed by atoms with Gasteiger partial charge in [0.1, 0.15) is 12.2 Å². The van der Waals surface area contributed by atoms with Crippen molar-refractivity contribution < 1.29 is 8.42 Å². The predicted molar refractivity (Wildman–Crippen MR) is 78.9 cm³/mol. The molecule has 0 amide bonds. The molecule has 2 N–H and O–H groups in total. The van der Waals surface area contributed by atoms with Crippen molar-refractivity contribution in [3.8, 4) is 0 Å². The van der Waals surface area contributed by atoms with Gasteiger partial charge in [-0.05, 0) is 18.2 Å². The van der Waals surface area contributed by atoms with Crippen LogP contribution in [0.2, 0.25) is 0 Å². The lowest BCUT2D eigenvalue weighted by atomic mass is 10.2. The van der Waals surface area contributed by atoms with Crippen LogP contribution in [0.15, 0.2) is 35.5 Å². The Morgan fingerprint density at radius 3 is 2.67 bits per heavy atom. The molecule has 0 unspecified atom stereocenters. The van der Waals surface area contributed by atoms with E-state index in [2.05, 4.69) is 20.2 Å². The number of hydrogen-bond acceptors (Lipinski definition) is 5. The summed E-state index contributed by atoms with van der Waals surface area (Å²) >= 11 is 0. The Labute approximate surface area is 124 Å². The molecule has 0 aliphatic heterocycles. The van der Waals surface area contributed by atoms with Gasteiger partial charge in [0.25, 0.3) is 0 Å². The number of rotatable bonds is 7. The van der Waals surface area contributed by atoms with Crippen LogP contribution >= 0.6 is 0 Å². The fourth-order valence-electron chi connectivity index (χ4n) is 1.88. The van der Waals surface area contributed by atoms with Crippen molar-refractivity contribution in [1.82, 2.24) is 24.8 Å². The number of hydrogen-bond donors (Lipinski definition) is 2. The molecular weight excluding hydrogens is 290 g/mol. The second kappa shape index (κ2) is 6.79. The van der Waals surface area contributed by atoms with Crippen LogP contribution in [-0.2, 0) is 30.2 Å². The summed E-state index contributed by atoms with van der Waals surface area (Å²) in [7, 11) is -1.82. The lowest BCUT2D eigenvalue weighted by Gasteiger charge is -2.11. The first-order valence-corrected chi connectivity index (χ1v) is 8.14. The molecule has 0 spiro atoms. The minimum atomic E-state index is -3.59. The highest BCUT2D eigenvalue weighted by Gasteiger charge is 2.18. The molecule has 8 heteroatoms. The Morgan fingerprint density at radius 1 is 1.24 bits per heavy atom. The number of aromatic nitrogens is 3. The van der Waals surface area contributed by atoms with Gasteiger partial charge in [-0.25, -0.2) is 13.1 Å². The zero-order valence-electron chi connectivity index (χ0n) is 12.1. The summed E-state index contributed by atoms with van der Waals surface area (Å²) in [5, 5.41) is 10.7. The first-order valence-electron chi connectivity index (χ1n) is 6.65. The number of benzene rings is 1. The van der Waals surface area contributed by atoms with Crippen molar-refractivity contribution in [1.29, 1.82) is 0 Å². The van der Waals surface area contributed by atoms with E-state index in [1.165, 1.54) is 6.33 Å². The van der Waals surface area contributed by atoms with Gasteiger partial charge < -0.3 is 9.88 Å². The molecule has 0 saturated heterocycles. The topological polar surface area (TPSA) is 88.9 Å². The SMILES string of the molecule is CCNCc1ccccc1S(=O)(=O)NCc1nncn1C. The fraction of sp³-hybridized carbons (Fsp3) is 0.385. The van der Waals surface area contributed by atoms with Gasteiger partial charge in [-0.2, -0.15) is 0 Å². The van der Waals surface area contributed by atoms with Crippen molar-refractivity contribution in [2.24, 2.45) is 7.05 Å². The molecule has 1 heterocycles. The summed E-state index contributed by atoms with van der Waals surface area (Å²) < 4.78 is 29.1. The molecule has 2 rings (SSSR count). The number of aryl methyl sites for hydroxylation is 1. The van der Waals surface area contributed by atoms with Gasteiger partial charge in [0.2, 0.25) is 10.0 Å². The lowest BCUT2D eigenvalue weighted by molar-refractivity contribution is 0.575. The van der Waals surface area contributed by atoms with E-state index < -0.39 is 10.0 Å². The maximum absolute atomic E-state index is 12.4. The van der Waals surface area contributed by atoms with E-state index >= 15 is 0 Å². The van der Waals surface area contributed by atoms with E-state index in [9.17, 15) is 8.42 Å². The first-order chi connectivity index (χ1) is 10.0. The molecule has 0 fully saturated rings. The van der Waals surface area contributed by atoms with Crippen molar-refractivity contribution >= 4 is 10.0 Å². The van der Waals surface area contributed by atoms with Gasteiger partial charge in [0.15, 0.2) is 0 Å². The molecule has 0 bridgehead atoms. The second-order valence-corrected chi connectivity index (χ2v) is 6.31. The number of nitrogens with zero attached hydrogens (tertiary/aromatic N) is 3. The van der Waals surface area contributed by atoms with Crippen LogP contribution in [0.25, 0.3) is 0 Å². The van der Waals surface area contributed by atoms with Crippen molar-refractivity contribution in [3.05, 3.63) is 42.0 Å². The van der Waals surface area contributed by atoms with Gasteiger partial charge in [-0.3, -0.25) is 0 Å². The highest BCUT2D eigenvalue weighted by Crippen LogP contribution is 2.15. The number of sulfonamides is 1. The highest BCUT2D eigenvalue weighted by atomic mass is 32.2. The molecule has 0 atom stereocenters. The van der Waals surface area contributed by atoms with Gasteiger partial charge >= 0.3 is 0 Å². The standard InChI is InChI=1S/C13H19N5O2S/c1-3-14-8-11-6-4-5-7-12(11)21(19,20)16-9-13-17-15-10-18(13)2/h4-7,10,14,16H,3,8-9H2,1-2H3. The Hall–Kier alpha value is -1.77. The molecule has 114 valence electrons. The largest absolute Gasteiger partial charge is 0.320 e. The predicted octanol–water partition coefficient (Wildman–Crippen LogP) is 0.403. The van der Waals surface area contributed by atoms with Crippen LogP contribution in [-0.4, -0.2) is 29.7 Å². The Morgan fingerprint density at radius 2 is 2.00 bits per heavy atom. The molecule has 0 aliphatic rings. The zero-order chi connectivity index (χ0) is 15.3. The summed E-state index contributed by atoms with van der Waals surface area (Å²) in [5.41, 5.74) is 0.741. The highest BCUT2D eigenvalue weighted by molar-refractivity contribution is 7.89. The lowest BCUT2D eigenvalue weighted by Crippen LogP contribution is -2.26. The summed E-state index contributed by atoms with van der Waals surface area (Å²) in [6.45, 7) is 3.37. The van der Waals surface area contributed by atoms with Gasteiger partial charge in [0.05, 0.1) is 11.4 Å². The molecule has 2 aromatic rings. The van der Waals surface area contributed by atoms with Crippen LogP contribution < -0.4 is 10.0 Å². The Kier molecular flexibility index (Phi) is 5.05. The van der Waals surface area contributed by atoms with Crippen molar-refractivity contribution in [2.75, 3.05) is 6.54 Å². The van der Waals surface area contributed by atoms with Gasteiger partial charge in [-0.15, -0.1) is 10.2 Å².